The molecule has 0 saturated carbocycles. The van der Waals surface area contributed by atoms with Gasteiger partial charge in [0.15, 0.2) is 11.7 Å². The van der Waals surface area contributed by atoms with Gasteiger partial charge in [-0.2, -0.15) is 0 Å². The summed E-state index contributed by atoms with van der Waals surface area (Å²) in [7, 11) is 0. The van der Waals surface area contributed by atoms with Crippen molar-refractivity contribution in [3.63, 3.8) is 0 Å². The minimum Gasteiger partial charge on any atom is -0.483 e. The fraction of sp³-hybridized carbons (Fsp3) is 0.136. The summed E-state index contributed by atoms with van der Waals surface area (Å²) in [6, 6.07) is 15.3. The van der Waals surface area contributed by atoms with E-state index in [1.807, 2.05) is 49.4 Å². The van der Waals surface area contributed by atoms with Crippen molar-refractivity contribution in [1.29, 1.82) is 0 Å². The number of carbonyl (C=O) groups excluding carboxylic acids is 2. The monoisotopic (exact) mass is 595 g/mol. The number of benzene rings is 2. The summed E-state index contributed by atoms with van der Waals surface area (Å²) in [6.45, 7) is 1.62. The number of hydrogen-bond donors (Lipinski definition) is 3. The zero-order chi connectivity index (χ0) is 23.3. The second kappa shape index (κ2) is 11.0. The quantitative estimate of drug-likeness (QED) is 0.328. The predicted octanol–water partition coefficient (Wildman–Crippen LogP) is 5.16. The number of thiophene rings is 1. The molecule has 0 radical (unpaired) electrons. The molecule has 32 heavy (non-hydrogen) atoms. The van der Waals surface area contributed by atoms with Gasteiger partial charge in [-0.05, 0) is 64.4 Å². The van der Waals surface area contributed by atoms with Gasteiger partial charge < -0.3 is 15.8 Å². The highest BCUT2D eigenvalue weighted by Gasteiger charge is 2.20. The van der Waals surface area contributed by atoms with Gasteiger partial charge in [0.05, 0.1) is 10.0 Å². The summed E-state index contributed by atoms with van der Waals surface area (Å²) < 4.78 is 7.12. The molecule has 0 aliphatic rings. The maximum atomic E-state index is 12.3. The number of anilines is 1. The molecule has 3 aromatic rings. The van der Waals surface area contributed by atoms with Gasteiger partial charge in [0.2, 0.25) is 0 Å². The maximum absolute atomic E-state index is 12.3. The normalized spacial score (nSPS) is 10.5. The molecule has 1 heterocycles. The number of ether oxygens (including phenoxy) is 1. The fourth-order valence-corrected chi connectivity index (χ4v) is 5.62. The van der Waals surface area contributed by atoms with E-state index in [0.29, 0.717) is 27.2 Å². The topological polar surface area (TPSA) is 93.4 Å². The van der Waals surface area contributed by atoms with Gasteiger partial charge in [0, 0.05) is 15.8 Å². The second-order valence-corrected chi connectivity index (χ2v) is 10.0. The SMILES string of the molecule is Cc1c(Cc2ccccc2)sc(NC(=S)NC(=O)COc2ccc(Br)cc2Br)c1C(N)=O. The van der Waals surface area contributed by atoms with Crippen LogP contribution >= 0.6 is 55.4 Å². The van der Waals surface area contributed by atoms with E-state index in [-0.39, 0.29) is 11.7 Å². The number of amides is 2. The highest BCUT2D eigenvalue weighted by atomic mass is 79.9. The van der Waals surface area contributed by atoms with Crippen molar-refractivity contribution in [2.75, 3.05) is 11.9 Å². The maximum Gasteiger partial charge on any atom is 0.264 e. The van der Waals surface area contributed by atoms with E-state index in [9.17, 15) is 9.59 Å². The van der Waals surface area contributed by atoms with Crippen LogP contribution in [-0.4, -0.2) is 23.5 Å². The molecule has 0 bridgehead atoms. The molecule has 2 amide bonds. The van der Waals surface area contributed by atoms with Gasteiger partial charge in [-0.3, -0.25) is 14.9 Å². The summed E-state index contributed by atoms with van der Waals surface area (Å²) in [5, 5.41) is 6.05. The molecule has 166 valence electrons. The van der Waals surface area contributed by atoms with E-state index >= 15 is 0 Å². The van der Waals surface area contributed by atoms with Gasteiger partial charge in [-0.15, -0.1) is 11.3 Å². The smallest absolute Gasteiger partial charge is 0.264 e. The highest BCUT2D eigenvalue weighted by Crippen LogP contribution is 2.34. The van der Waals surface area contributed by atoms with Crippen molar-refractivity contribution in [1.82, 2.24) is 5.32 Å². The van der Waals surface area contributed by atoms with Crippen molar-refractivity contribution >= 4 is 77.3 Å². The van der Waals surface area contributed by atoms with Crippen LogP contribution in [0.15, 0.2) is 57.5 Å². The van der Waals surface area contributed by atoms with Crippen LogP contribution in [0.2, 0.25) is 0 Å². The number of thiocarbonyl (C=S) groups is 1. The van der Waals surface area contributed by atoms with Crippen molar-refractivity contribution in [2.45, 2.75) is 13.3 Å². The first-order valence-corrected chi connectivity index (χ1v) is 12.2. The zero-order valence-corrected chi connectivity index (χ0v) is 21.7. The average Bonchev–Trinajstić information content (AvgIpc) is 3.02. The molecule has 1 aromatic heterocycles. The molecule has 4 N–H and O–H groups in total. The van der Waals surface area contributed by atoms with Gasteiger partial charge >= 0.3 is 0 Å². The lowest BCUT2D eigenvalue weighted by Crippen LogP contribution is -2.37. The molecule has 2 aromatic carbocycles. The Labute approximate surface area is 211 Å². The molecule has 0 aliphatic carbocycles. The fourth-order valence-electron chi connectivity index (χ4n) is 2.93. The lowest BCUT2D eigenvalue weighted by atomic mass is 10.1. The lowest BCUT2D eigenvalue weighted by Gasteiger charge is -2.11. The molecule has 0 unspecified atom stereocenters. The Morgan fingerprint density at radius 1 is 1.16 bits per heavy atom. The lowest BCUT2D eigenvalue weighted by molar-refractivity contribution is -0.121. The average molecular weight is 597 g/mol. The minimum absolute atomic E-state index is 0.0588. The summed E-state index contributed by atoms with van der Waals surface area (Å²) in [6.07, 6.45) is 0.661. The van der Waals surface area contributed by atoms with E-state index in [2.05, 4.69) is 42.5 Å². The zero-order valence-electron chi connectivity index (χ0n) is 16.9. The van der Waals surface area contributed by atoms with E-state index < -0.39 is 11.8 Å². The standard InChI is InChI=1S/C22H19Br2N3O3S2/c1-12-17(9-13-5-3-2-4-6-13)32-21(19(12)20(25)29)27-22(31)26-18(28)11-30-16-8-7-14(23)10-15(16)24/h2-8,10H,9,11H2,1H3,(H2,25,29)(H2,26,27,28,31). The molecule has 0 aliphatic heterocycles. The van der Waals surface area contributed by atoms with Crippen molar-refractivity contribution in [3.8, 4) is 5.75 Å². The first-order chi connectivity index (χ1) is 15.2. The number of carbonyl (C=O) groups is 2. The number of nitrogens with one attached hydrogen (secondary N) is 2. The van der Waals surface area contributed by atoms with Crippen LogP contribution in [0.25, 0.3) is 0 Å². The Bertz CT molecular complexity index is 1170. The Morgan fingerprint density at radius 3 is 2.53 bits per heavy atom. The molecule has 3 rings (SSSR count). The van der Waals surface area contributed by atoms with Gasteiger partial charge in [0.1, 0.15) is 10.8 Å². The Kier molecular flexibility index (Phi) is 8.41. The van der Waals surface area contributed by atoms with Crippen LogP contribution in [0.5, 0.6) is 5.75 Å². The van der Waals surface area contributed by atoms with Crippen LogP contribution in [0.3, 0.4) is 0 Å². The molecule has 6 nitrogen and oxygen atoms in total. The number of halogens is 2. The molecule has 0 saturated heterocycles. The van der Waals surface area contributed by atoms with Gasteiger partial charge in [-0.25, -0.2) is 0 Å². The first-order valence-electron chi connectivity index (χ1n) is 9.39. The number of primary amides is 1. The summed E-state index contributed by atoms with van der Waals surface area (Å²) in [5.74, 6) is -0.466. The predicted molar refractivity (Wildman–Crippen MR) is 139 cm³/mol. The van der Waals surface area contributed by atoms with Crippen LogP contribution in [0, 0.1) is 6.92 Å². The largest absolute Gasteiger partial charge is 0.483 e. The van der Waals surface area contributed by atoms with Crippen LogP contribution < -0.4 is 21.1 Å². The van der Waals surface area contributed by atoms with Crippen LogP contribution in [0.1, 0.15) is 26.4 Å². The van der Waals surface area contributed by atoms with Crippen molar-refractivity contribution < 1.29 is 14.3 Å². The molecule has 10 heteroatoms. The van der Waals surface area contributed by atoms with E-state index in [1.54, 1.807) is 6.07 Å². The molecule has 0 fully saturated rings. The van der Waals surface area contributed by atoms with E-state index in [4.69, 9.17) is 22.7 Å². The van der Waals surface area contributed by atoms with Gasteiger partial charge in [-0.1, -0.05) is 46.3 Å². The van der Waals surface area contributed by atoms with Crippen molar-refractivity contribution in [2.24, 2.45) is 5.73 Å². The number of hydrogen-bond acceptors (Lipinski definition) is 5. The Balaban J connectivity index is 1.65. The summed E-state index contributed by atoms with van der Waals surface area (Å²) in [4.78, 5) is 25.3. The molecule has 0 atom stereocenters. The van der Waals surface area contributed by atoms with E-state index in [1.165, 1.54) is 11.3 Å². The molecular formula is C22H19Br2N3O3S2. The third-order valence-electron chi connectivity index (χ3n) is 4.43. The highest BCUT2D eigenvalue weighted by molar-refractivity contribution is 9.11. The van der Waals surface area contributed by atoms with Gasteiger partial charge in [0.25, 0.3) is 11.8 Å². The van der Waals surface area contributed by atoms with Crippen LogP contribution in [-0.2, 0) is 11.2 Å². The third-order valence-corrected chi connectivity index (χ3v) is 6.96. The van der Waals surface area contributed by atoms with Crippen LogP contribution in [0.4, 0.5) is 5.00 Å². The van der Waals surface area contributed by atoms with E-state index in [0.717, 1.165) is 20.5 Å². The first kappa shape index (κ1) is 24.4. The second-order valence-electron chi connectivity index (χ2n) is 6.75. The summed E-state index contributed by atoms with van der Waals surface area (Å²) >= 11 is 13.4. The third kappa shape index (κ3) is 6.38. The minimum atomic E-state index is -0.557. The van der Waals surface area contributed by atoms with Crippen molar-refractivity contribution in [3.05, 3.63) is 79.0 Å². The Morgan fingerprint density at radius 2 is 1.88 bits per heavy atom. The molecule has 0 spiro atoms. The number of nitrogens with two attached hydrogens (primary N) is 1. The Hall–Kier alpha value is -2.27. The molecular weight excluding hydrogens is 578 g/mol. The summed E-state index contributed by atoms with van der Waals surface area (Å²) in [5.41, 5.74) is 7.89. The number of rotatable bonds is 7.